The molecule has 0 aromatic rings. The standard InChI is InChI=1S/C15H28N2O3/c1-20-10-7-15(5-2-6-15)12-16-14(19)17-8-3-13(11-18)4-9-17/h13,18H,2-12H2,1H3,(H,16,19). The number of nitrogens with zero attached hydrogens (tertiary/aromatic N) is 1. The number of hydrogen-bond acceptors (Lipinski definition) is 3. The maximum Gasteiger partial charge on any atom is 0.317 e. The topological polar surface area (TPSA) is 61.8 Å². The minimum atomic E-state index is 0.0603. The van der Waals surface area contributed by atoms with E-state index in [0.29, 0.717) is 5.92 Å². The SMILES string of the molecule is COCCC1(CNC(=O)N2CCC(CO)CC2)CCC1. The predicted octanol–water partition coefficient (Wildman–Crippen LogP) is 1.61. The molecule has 0 unspecified atom stereocenters. The molecular weight excluding hydrogens is 256 g/mol. The zero-order valence-electron chi connectivity index (χ0n) is 12.6. The van der Waals surface area contributed by atoms with Gasteiger partial charge in [0, 0.05) is 40.0 Å². The highest BCUT2D eigenvalue weighted by Gasteiger charge is 2.37. The van der Waals surface area contributed by atoms with Gasteiger partial charge in [0.1, 0.15) is 0 Å². The van der Waals surface area contributed by atoms with Crippen LogP contribution >= 0.6 is 0 Å². The summed E-state index contributed by atoms with van der Waals surface area (Å²) in [5.74, 6) is 0.374. The van der Waals surface area contributed by atoms with Crippen molar-refractivity contribution < 1.29 is 14.6 Å². The van der Waals surface area contributed by atoms with E-state index in [9.17, 15) is 4.79 Å². The summed E-state index contributed by atoms with van der Waals surface area (Å²) in [5.41, 5.74) is 0.273. The Bertz CT molecular complexity index is 310. The molecule has 0 radical (unpaired) electrons. The minimum Gasteiger partial charge on any atom is -0.396 e. The second kappa shape index (κ2) is 7.27. The molecule has 1 heterocycles. The lowest BCUT2D eigenvalue weighted by atomic mass is 9.67. The third kappa shape index (κ3) is 3.85. The van der Waals surface area contributed by atoms with E-state index >= 15 is 0 Å². The van der Waals surface area contributed by atoms with Crippen LogP contribution in [0.2, 0.25) is 0 Å². The van der Waals surface area contributed by atoms with Gasteiger partial charge in [0.2, 0.25) is 0 Å². The Morgan fingerprint density at radius 1 is 1.40 bits per heavy atom. The molecule has 2 amide bonds. The van der Waals surface area contributed by atoms with Gasteiger partial charge in [-0.1, -0.05) is 6.42 Å². The molecule has 0 bridgehead atoms. The molecule has 0 aromatic heterocycles. The number of nitrogens with one attached hydrogen (secondary N) is 1. The fraction of sp³-hybridized carbons (Fsp3) is 0.933. The minimum absolute atomic E-state index is 0.0603. The van der Waals surface area contributed by atoms with E-state index in [-0.39, 0.29) is 18.1 Å². The molecule has 5 nitrogen and oxygen atoms in total. The smallest absolute Gasteiger partial charge is 0.317 e. The Morgan fingerprint density at radius 2 is 2.10 bits per heavy atom. The summed E-state index contributed by atoms with van der Waals surface area (Å²) in [7, 11) is 1.73. The molecule has 0 atom stereocenters. The monoisotopic (exact) mass is 284 g/mol. The van der Waals surface area contributed by atoms with E-state index in [0.717, 1.165) is 45.5 Å². The van der Waals surface area contributed by atoms with Crippen LogP contribution in [0.25, 0.3) is 0 Å². The number of piperidine rings is 1. The van der Waals surface area contributed by atoms with Crippen LogP contribution in [-0.2, 0) is 4.74 Å². The molecule has 2 aliphatic rings. The molecule has 2 fully saturated rings. The highest BCUT2D eigenvalue weighted by Crippen LogP contribution is 2.43. The van der Waals surface area contributed by atoms with Crippen LogP contribution in [0, 0.1) is 11.3 Å². The van der Waals surface area contributed by atoms with Crippen molar-refractivity contribution in [2.75, 3.05) is 40.0 Å². The van der Waals surface area contributed by atoms with Crippen molar-refractivity contribution in [2.45, 2.75) is 38.5 Å². The number of carbonyl (C=O) groups is 1. The molecule has 0 aromatic carbocycles. The van der Waals surface area contributed by atoms with Gasteiger partial charge in [0.25, 0.3) is 0 Å². The molecular formula is C15H28N2O3. The van der Waals surface area contributed by atoms with Crippen molar-refractivity contribution in [2.24, 2.45) is 11.3 Å². The van der Waals surface area contributed by atoms with Gasteiger partial charge in [0.05, 0.1) is 0 Å². The van der Waals surface area contributed by atoms with Crippen molar-refractivity contribution >= 4 is 6.03 Å². The quantitative estimate of drug-likeness (QED) is 0.779. The van der Waals surface area contributed by atoms with Crippen molar-refractivity contribution in [3.63, 3.8) is 0 Å². The van der Waals surface area contributed by atoms with Gasteiger partial charge in [-0.05, 0) is 43.4 Å². The number of aliphatic hydroxyl groups excluding tert-OH is 1. The van der Waals surface area contributed by atoms with Crippen LogP contribution in [0.3, 0.4) is 0 Å². The first-order chi connectivity index (χ1) is 9.69. The Kier molecular flexibility index (Phi) is 5.66. The number of hydrogen-bond donors (Lipinski definition) is 2. The van der Waals surface area contributed by atoms with Crippen molar-refractivity contribution in [1.29, 1.82) is 0 Å². The third-order valence-electron chi connectivity index (χ3n) is 5.03. The molecule has 1 saturated heterocycles. The fourth-order valence-electron chi connectivity index (χ4n) is 3.20. The van der Waals surface area contributed by atoms with E-state index in [1.165, 1.54) is 19.3 Å². The molecule has 0 spiro atoms. The summed E-state index contributed by atoms with van der Waals surface area (Å²) in [6, 6.07) is 0.0603. The van der Waals surface area contributed by atoms with Crippen LogP contribution in [-0.4, -0.2) is 56.0 Å². The number of amides is 2. The predicted molar refractivity (Wildman–Crippen MR) is 77.6 cm³/mol. The van der Waals surface area contributed by atoms with Gasteiger partial charge in [-0.25, -0.2) is 4.79 Å². The van der Waals surface area contributed by atoms with Crippen LogP contribution in [0.4, 0.5) is 4.79 Å². The molecule has 1 aliphatic heterocycles. The van der Waals surface area contributed by atoms with Gasteiger partial charge in [-0.3, -0.25) is 0 Å². The molecule has 1 aliphatic carbocycles. The molecule has 20 heavy (non-hydrogen) atoms. The maximum atomic E-state index is 12.2. The summed E-state index contributed by atoms with van der Waals surface area (Å²) in [4.78, 5) is 14.1. The lowest BCUT2D eigenvalue weighted by Gasteiger charge is -2.42. The normalized spacial score (nSPS) is 22.4. The van der Waals surface area contributed by atoms with Crippen molar-refractivity contribution in [1.82, 2.24) is 10.2 Å². The zero-order chi connectivity index (χ0) is 14.4. The summed E-state index contributed by atoms with van der Waals surface area (Å²) >= 11 is 0. The van der Waals surface area contributed by atoms with Gasteiger partial charge >= 0.3 is 6.03 Å². The number of likely N-dealkylation sites (tertiary alicyclic amines) is 1. The van der Waals surface area contributed by atoms with Crippen molar-refractivity contribution in [3.05, 3.63) is 0 Å². The van der Waals surface area contributed by atoms with Gasteiger partial charge in [0.15, 0.2) is 0 Å². The summed E-state index contributed by atoms with van der Waals surface area (Å²) in [6.07, 6.45) is 6.53. The summed E-state index contributed by atoms with van der Waals surface area (Å²) in [6.45, 7) is 3.33. The number of rotatable bonds is 6. The van der Waals surface area contributed by atoms with E-state index in [1.807, 2.05) is 4.90 Å². The first-order valence-corrected chi connectivity index (χ1v) is 7.82. The van der Waals surface area contributed by atoms with E-state index in [2.05, 4.69) is 5.32 Å². The van der Waals surface area contributed by atoms with E-state index in [1.54, 1.807) is 7.11 Å². The Balaban J connectivity index is 1.71. The molecule has 2 rings (SSSR count). The second-order valence-corrected chi connectivity index (χ2v) is 6.37. The number of methoxy groups -OCH3 is 1. The van der Waals surface area contributed by atoms with Crippen LogP contribution in [0.5, 0.6) is 0 Å². The largest absolute Gasteiger partial charge is 0.396 e. The van der Waals surface area contributed by atoms with Gasteiger partial charge in [-0.2, -0.15) is 0 Å². The molecule has 1 saturated carbocycles. The van der Waals surface area contributed by atoms with Crippen LogP contribution in [0.1, 0.15) is 38.5 Å². The molecule has 2 N–H and O–H groups in total. The zero-order valence-corrected chi connectivity index (χ0v) is 12.6. The van der Waals surface area contributed by atoms with Crippen LogP contribution in [0.15, 0.2) is 0 Å². The van der Waals surface area contributed by atoms with Crippen molar-refractivity contribution in [3.8, 4) is 0 Å². The summed E-state index contributed by atoms with van der Waals surface area (Å²) in [5, 5.41) is 12.2. The van der Waals surface area contributed by atoms with E-state index in [4.69, 9.17) is 9.84 Å². The first-order valence-electron chi connectivity index (χ1n) is 7.82. The Labute approximate surface area is 121 Å². The summed E-state index contributed by atoms with van der Waals surface area (Å²) < 4.78 is 5.17. The lowest BCUT2D eigenvalue weighted by Crippen LogP contribution is -2.49. The van der Waals surface area contributed by atoms with Crippen LogP contribution < -0.4 is 5.32 Å². The number of aliphatic hydroxyl groups is 1. The second-order valence-electron chi connectivity index (χ2n) is 6.37. The number of urea groups is 1. The number of ether oxygens (including phenoxy) is 1. The highest BCUT2D eigenvalue weighted by molar-refractivity contribution is 5.74. The lowest BCUT2D eigenvalue weighted by molar-refractivity contribution is 0.0680. The Morgan fingerprint density at radius 3 is 2.60 bits per heavy atom. The average molecular weight is 284 g/mol. The third-order valence-corrected chi connectivity index (χ3v) is 5.03. The molecule has 5 heteroatoms. The Hall–Kier alpha value is -0.810. The van der Waals surface area contributed by atoms with Gasteiger partial charge < -0.3 is 20.1 Å². The number of carbonyl (C=O) groups excluding carboxylic acids is 1. The maximum absolute atomic E-state index is 12.2. The molecule has 116 valence electrons. The fourth-order valence-corrected chi connectivity index (χ4v) is 3.20. The highest BCUT2D eigenvalue weighted by atomic mass is 16.5. The average Bonchev–Trinajstić information content (AvgIpc) is 2.45. The first kappa shape index (κ1) is 15.6. The van der Waals surface area contributed by atoms with Gasteiger partial charge in [-0.15, -0.1) is 0 Å². The van der Waals surface area contributed by atoms with E-state index < -0.39 is 0 Å².